The number of thioether (sulfide) groups is 1. The van der Waals surface area contributed by atoms with E-state index in [4.69, 9.17) is 0 Å². The number of hydrogen-bond acceptors (Lipinski definition) is 2. The molecule has 1 atom stereocenters. The van der Waals surface area contributed by atoms with Gasteiger partial charge >= 0.3 is 0 Å². The molecule has 0 aliphatic carbocycles. The maximum Gasteiger partial charge on any atom is 0.0218 e. The summed E-state index contributed by atoms with van der Waals surface area (Å²) in [6, 6.07) is 7.10. The molecule has 0 fully saturated rings. The molecule has 0 amide bonds. The lowest BCUT2D eigenvalue weighted by Gasteiger charge is -2.18. The van der Waals surface area contributed by atoms with E-state index in [1.54, 1.807) is 0 Å². The summed E-state index contributed by atoms with van der Waals surface area (Å²) in [7, 11) is 0. The molecule has 1 unspecified atom stereocenters. The Morgan fingerprint density at radius 3 is 2.39 bits per heavy atom. The van der Waals surface area contributed by atoms with Crippen LogP contribution in [0.2, 0.25) is 0 Å². The van der Waals surface area contributed by atoms with Crippen LogP contribution in [-0.4, -0.2) is 11.3 Å². The summed E-state index contributed by atoms with van der Waals surface area (Å²) < 4.78 is 1.16. The molecule has 1 rings (SSSR count). The van der Waals surface area contributed by atoms with Gasteiger partial charge in [-0.05, 0) is 23.6 Å². The number of benzene rings is 1. The van der Waals surface area contributed by atoms with Gasteiger partial charge in [0, 0.05) is 27.2 Å². The fourth-order valence-corrected chi connectivity index (χ4v) is 3.11. The minimum Gasteiger partial charge on any atom is -0.310 e. The highest BCUT2D eigenvalue weighted by Crippen LogP contribution is 2.32. The Morgan fingerprint density at radius 1 is 1.17 bits per heavy atom. The van der Waals surface area contributed by atoms with Gasteiger partial charge in [-0.2, -0.15) is 0 Å². The molecule has 0 aliphatic heterocycles. The lowest BCUT2D eigenvalue weighted by atomic mass is 10.2. The molecule has 1 N–H and O–H groups in total. The van der Waals surface area contributed by atoms with Crippen molar-refractivity contribution >= 4 is 27.7 Å². The first kappa shape index (κ1) is 16.1. The van der Waals surface area contributed by atoms with Gasteiger partial charge in [-0.15, -0.1) is 11.8 Å². The topological polar surface area (TPSA) is 12.0 Å². The van der Waals surface area contributed by atoms with Crippen molar-refractivity contribution in [3.8, 4) is 0 Å². The monoisotopic (exact) mass is 329 g/mol. The Hall–Kier alpha value is 0.01000. The van der Waals surface area contributed by atoms with Crippen LogP contribution >= 0.6 is 27.7 Å². The maximum absolute atomic E-state index is 3.57. The van der Waals surface area contributed by atoms with Crippen molar-refractivity contribution < 1.29 is 0 Å². The fourth-order valence-electron chi connectivity index (χ4n) is 1.43. The second kappa shape index (κ2) is 7.56. The van der Waals surface area contributed by atoms with Crippen molar-refractivity contribution in [3.63, 3.8) is 0 Å². The molecule has 0 bridgehead atoms. The van der Waals surface area contributed by atoms with Gasteiger partial charge in [-0.1, -0.05) is 56.6 Å². The van der Waals surface area contributed by atoms with Crippen LogP contribution in [0.1, 0.15) is 40.2 Å². The first-order chi connectivity index (χ1) is 8.40. The number of halogens is 1. The van der Waals surface area contributed by atoms with Crippen LogP contribution in [0.3, 0.4) is 0 Å². The Labute approximate surface area is 124 Å². The van der Waals surface area contributed by atoms with Gasteiger partial charge in [-0.3, -0.25) is 0 Å². The molecule has 0 aromatic heterocycles. The highest BCUT2D eigenvalue weighted by atomic mass is 79.9. The van der Waals surface area contributed by atoms with E-state index in [1.807, 2.05) is 11.8 Å². The highest BCUT2D eigenvalue weighted by molar-refractivity contribution is 9.10. The summed E-state index contributed by atoms with van der Waals surface area (Å²) in [5.41, 5.74) is 1.39. The number of rotatable bonds is 6. The molecule has 0 spiro atoms. The Balaban J connectivity index is 2.82. The summed E-state index contributed by atoms with van der Waals surface area (Å²) in [5, 5.41) is 4.13. The van der Waals surface area contributed by atoms with E-state index in [0.717, 1.165) is 11.0 Å². The van der Waals surface area contributed by atoms with Crippen LogP contribution in [0.5, 0.6) is 0 Å². The Morgan fingerprint density at radius 2 is 1.83 bits per heavy atom. The van der Waals surface area contributed by atoms with E-state index >= 15 is 0 Å². The summed E-state index contributed by atoms with van der Waals surface area (Å²) in [6.07, 6.45) is 0. The molecule has 0 saturated heterocycles. The van der Waals surface area contributed by atoms with E-state index in [-0.39, 0.29) is 0 Å². The maximum atomic E-state index is 3.57. The zero-order valence-corrected chi connectivity index (χ0v) is 14.4. The summed E-state index contributed by atoms with van der Waals surface area (Å²) in [4.78, 5) is 1.39. The minimum absolute atomic E-state index is 0.522. The third-order valence-electron chi connectivity index (χ3n) is 2.98. The number of nitrogens with one attached hydrogen (secondary N) is 1. The second-order valence-electron chi connectivity index (χ2n) is 5.35. The van der Waals surface area contributed by atoms with E-state index in [1.165, 1.54) is 10.5 Å². The third kappa shape index (κ3) is 5.33. The molecular weight excluding hydrogens is 306 g/mol. The lowest BCUT2D eigenvalue weighted by molar-refractivity contribution is 0.584. The third-order valence-corrected chi connectivity index (χ3v) is 5.03. The normalized spacial score (nSPS) is 13.3. The van der Waals surface area contributed by atoms with Crippen molar-refractivity contribution in [1.82, 2.24) is 5.32 Å². The molecule has 0 saturated carbocycles. The quantitative estimate of drug-likeness (QED) is 0.730. The van der Waals surface area contributed by atoms with Gasteiger partial charge in [0.15, 0.2) is 0 Å². The molecule has 1 nitrogen and oxygen atoms in total. The van der Waals surface area contributed by atoms with Gasteiger partial charge in [0.1, 0.15) is 0 Å². The fraction of sp³-hybridized carbons (Fsp3) is 0.600. The average molecular weight is 330 g/mol. The first-order valence-electron chi connectivity index (χ1n) is 6.58. The van der Waals surface area contributed by atoms with Crippen molar-refractivity contribution in [2.24, 2.45) is 5.92 Å². The molecule has 18 heavy (non-hydrogen) atoms. The van der Waals surface area contributed by atoms with Crippen molar-refractivity contribution in [3.05, 3.63) is 28.2 Å². The molecule has 1 aromatic rings. The smallest absolute Gasteiger partial charge is 0.0218 e. The predicted molar refractivity (Wildman–Crippen MR) is 86.3 cm³/mol. The van der Waals surface area contributed by atoms with Crippen molar-refractivity contribution in [2.75, 3.05) is 0 Å². The van der Waals surface area contributed by atoms with Crippen LogP contribution in [-0.2, 0) is 6.54 Å². The molecule has 0 heterocycles. The standard InChI is InChI=1S/C15H24BrNS/c1-10(2)12(5)18-15-8-14(16)7-6-13(15)9-17-11(3)4/h6-8,10-12,17H,9H2,1-5H3. The van der Waals surface area contributed by atoms with Crippen LogP contribution in [0.15, 0.2) is 27.6 Å². The average Bonchev–Trinajstić information content (AvgIpc) is 2.27. The zero-order chi connectivity index (χ0) is 13.7. The second-order valence-corrected chi connectivity index (χ2v) is 7.69. The first-order valence-corrected chi connectivity index (χ1v) is 8.26. The molecule has 102 valence electrons. The Bertz CT molecular complexity index is 377. The largest absolute Gasteiger partial charge is 0.310 e. The van der Waals surface area contributed by atoms with Gasteiger partial charge < -0.3 is 5.32 Å². The lowest BCUT2D eigenvalue weighted by Crippen LogP contribution is -2.22. The molecule has 3 heteroatoms. The molecular formula is C15H24BrNS. The molecule has 1 aromatic carbocycles. The summed E-state index contributed by atoms with van der Waals surface area (Å²) in [5.74, 6) is 0.694. The summed E-state index contributed by atoms with van der Waals surface area (Å²) in [6.45, 7) is 12.2. The van der Waals surface area contributed by atoms with Gasteiger partial charge in [0.2, 0.25) is 0 Å². The summed E-state index contributed by atoms with van der Waals surface area (Å²) >= 11 is 5.54. The van der Waals surface area contributed by atoms with E-state index < -0.39 is 0 Å². The van der Waals surface area contributed by atoms with Crippen molar-refractivity contribution in [2.45, 2.75) is 57.4 Å². The minimum atomic E-state index is 0.522. The van der Waals surface area contributed by atoms with Crippen LogP contribution in [0, 0.1) is 5.92 Å². The highest BCUT2D eigenvalue weighted by Gasteiger charge is 2.12. The van der Waals surface area contributed by atoms with Gasteiger partial charge in [-0.25, -0.2) is 0 Å². The van der Waals surface area contributed by atoms with E-state index in [2.05, 4.69) is 74.1 Å². The van der Waals surface area contributed by atoms with Crippen LogP contribution < -0.4 is 5.32 Å². The van der Waals surface area contributed by atoms with Crippen molar-refractivity contribution in [1.29, 1.82) is 0 Å². The van der Waals surface area contributed by atoms with E-state index in [0.29, 0.717) is 17.2 Å². The molecule has 0 aliphatic rings. The number of hydrogen-bond donors (Lipinski definition) is 1. The van der Waals surface area contributed by atoms with E-state index in [9.17, 15) is 0 Å². The predicted octanol–water partition coefficient (Wildman–Crippen LogP) is 5.08. The van der Waals surface area contributed by atoms with Crippen LogP contribution in [0.25, 0.3) is 0 Å². The SMILES string of the molecule is CC(C)NCc1ccc(Br)cc1SC(C)C(C)C. The molecule has 0 radical (unpaired) electrons. The van der Waals surface area contributed by atoms with Gasteiger partial charge in [0.05, 0.1) is 0 Å². The zero-order valence-electron chi connectivity index (χ0n) is 12.0. The Kier molecular flexibility index (Phi) is 6.75. The van der Waals surface area contributed by atoms with Gasteiger partial charge in [0.25, 0.3) is 0 Å². The van der Waals surface area contributed by atoms with Crippen LogP contribution in [0.4, 0.5) is 0 Å².